The van der Waals surface area contributed by atoms with E-state index in [1.54, 1.807) is 0 Å². The van der Waals surface area contributed by atoms with E-state index in [-0.39, 0.29) is 17.8 Å². The molecule has 1 aromatic rings. The zero-order valence-corrected chi connectivity index (χ0v) is 11.7. The molecule has 1 saturated heterocycles. The van der Waals surface area contributed by atoms with Gasteiger partial charge in [-0.3, -0.25) is 9.69 Å². The number of hydrogen-bond acceptors (Lipinski definition) is 3. The maximum atomic E-state index is 13.6. The summed E-state index contributed by atoms with van der Waals surface area (Å²) in [5.41, 5.74) is 0.0836. The van der Waals surface area contributed by atoms with E-state index in [1.807, 2.05) is 0 Å². The molecule has 5 heteroatoms. The summed E-state index contributed by atoms with van der Waals surface area (Å²) in [5, 5.41) is 0. The average molecular weight is 283 g/mol. The summed E-state index contributed by atoms with van der Waals surface area (Å²) in [7, 11) is 0. The molecule has 0 bridgehead atoms. The third kappa shape index (κ3) is 3.41. The average Bonchev–Trinajstić information content (AvgIpc) is 2.44. The predicted octanol–water partition coefficient (Wildman–Crippen LogP) is 2.19. The van der Waals surface area contributed by atoms with Gasteiger partial charge in [-0.2, -0.15) is 0 Å². The molecule has 1 aliphatic heterocycles. The van der Waals surface area contributed by atoms with Crippen LogP contribution in [0.15, 0.2) is 18.2 Å². The molecule has 0 N–H and O–H groups in total. The molecule has 1 aliphatic rings. The fourth-order valence-electron chi connectivity index (χ4n) is 2.32. The van der Waals surface area contributed by atoms with E-state index in [1.165, 1.54) is 12.1 Å². The van der Waals surface area contributed by atoms with E-state index in [2.05, 4.69) is 18.7 Å². The minimum atomic E-state index is -0.947. The Morgan fingerprint density at radius 2 is 2.20 bits per heavy atom. The van der Waals surface area contributed by atoms with E-state index >= 15 is 0 Å². The largest absolute Gasteiger partial charge is 0.368 e. The van der Waals surface area contributed by atoms with Gasteiger partial charge in [0.1, 0.15) is 6.10 Å². The molecule has 0 radical (unpaired) electrons. The van der Waals surface area contributed by atoms with E-state index in [9.17, 15) is 13.6 Å². The first kappa shape index (κ1) is 15.1. The van der Waals surface area contributed by atoms with Gasteiger partial charge in [0, 0.05) is 25.6 Å². The fourth-order valence-corrected chi connectivity index (χ4v) is 2.32. The number of ether oxygens (including phenoxy) is 1. The second-order valence-corrected chi connectivity index (χ2v) is 5.30. The van der Waals surface area contributed by atoms with Gasteiger partial charge in [-0.1, -0.05) is 12.1 Å². The van der Waals surface area contributed by atoms with Gasteiger partial charge in [0.2, 0.25) is 0 Å². The molecule has 3 nitrogen and oxygen atoms in total. The number of hydrogen-bond donors (Lipinski definition) is 0. The molecule has 0 aromatic heterocycles. The number of ketones is 1. The number of rotatable bonds is 4. The highest BCUT2D eigenvalue weighted by molar-refractivity contribution is 5.85. The third-order valence-corrected chi connectivity index (χ3v) is 3.58. The highest BCUT2D eigenvalue weighted by Crippen LogP contribution is 2.15. The molecule has 1 fully saturated rings. The highest BCUT2D eigenvalue weighted by atomic mass is 19.2. The van der Waals surface area contributed by atoms with Crippen LogP contribution in [0.25, 0.3) is 0 Å². The molecule has 0 spiro atoms. The zero-order valence-electron chi connectivity index (χ0n) is 11.7. The van der Waals surface area contributed by atoms with Crippen LogP contribution in [0.1, 0.15) is 19.4 Å². The number of Topliss-reactive ketones (excluding diaryl/α,β-unsaturated/α-hetero) is 1. The second kappa shape index (κ2) is 6.41. The highest BCUT2D eigenvalue weighted by Gasteiger charge is 2.28. The fraction of sp³-hybridized carbons (Fsp3) is 0.533. The Hall–Kier alpha value is -1.33. The van der Waals surface area contributed by atoms with Gasteiger partial charge in [0.25, 0.3) is 0 Å². The van der Waals surface area contributed by atoms with Crippen LogP contribution in [0.2, 0.25) is 0 Å². The molecular formula is C15H19F2NO2. The molecule has 2 rings (SSSR count). The topological polar surface area (TPSA) is 29.5 Å². The minimum absolute atomic E-state index is 0.0836. The number of morpholine rings is 1. The van der Waals surface area contributed by atoms with Gasteiger partial charge >= 0.3 is 0 Å². The Balaban J connectivity index is 2.03. The van der Waals surface area contributed by atoms with Crippen molar-refractivity contribution in [2.75, 3.05) is 19.7 Å². The van der Waals surface area contributed by atoms with Crippen molar-refractivity contribution in [1.29, 1.82) is 0 Å². The van der Waals surface area contributed by atoms with Crippen LogP contribution in [0.3, 0.4) is 0 Å². The lowest BCUT2D eigenvalue weighted by atomic mass is 10.0. The van der Waals surface area contributed by atoms with Crippen molar-refractivity contribution in [2.45, 2.75) is 32.4 Å². The van der Waals surface area contributed by atoms with E-state index in [0.717, 1.165) is 12.6 Å². The summed E-state index contributed by atoms with van der Waals surface area (Å²) >= 11 is 0. The first-order valence-electron chi connectivity index (χ1n) is 6.80. The lowest BCUT2D eigenvalue weighted by Crippen LogP contribution is -2.49. The predicted molar refractivity (Wildman–Crippen MR) is 71.5 cm³/mol. The number of benzene rings is 1. The van der Waals surface area contributed by atoms with Crippen molar-refractivity contribution >= 4 is 5.78 Å². The molecule has 0 amide bonds. The van der Waals surface area contributed by atoms with Crippen LogP contribution in [0.4, 0.5) is 8.78 Å². The standard InChI is InChI=1S/C15H19F2NO2/c1-10(2)18-6-7-20-14(9-18)13(19)8-11-4-3-5-12(16)15(11)17/h3-5,10,14H,6-9H2,1-2H3. The smallest absolute Gasteiger partial charge is 0.167 e. The second-order valence-electron chi connectivity index (χ2n) is 5.30. The molecule has 110 valence electrons. The molecule has 1 heterocycles. The Morgan fingerprint density at radius 3 is 2.90 bits per heavy atom. The van der Waals surface area contributed by atoms with Gasteiger partial charge in [-0.05, 0) is 25.5 Å². The van der Waals surface area contributed by atoms with E-state index < -0.39 is 17.7 Å². The Labute approximate surface area is 117 Å². The van der Waals surface area contributed by atoms with Crippen LogP contribution in [-0.2, 0) is 16.0 Å². The summed E-state index contributed by atoms with van der Waals surface area (Å²) < 4.78 is 32.1. The molecular weight excluding hydrogens is 264 g/mol. The van der Waals surface area contributed by atoms with Gasteiger partial charge in [-0.25, -0.2) is 8.78 Å². The normalized spacial score (nSPS) is 20.4. The summed E-state index contributed by atoms with van der Waals surface area (Å²) in [5.74, 6) is -2.08. The van der Waals surface area contributed by atoms with Crippen LogP contribution < -0.4 is 0 Å². The van der Waals surface area contributed by atoms with Crippen molar-refractivity contribution in [3.63, 3.8) is 0 Å². The number of halogens is 2. The molecule has 1 unspecified atom stereocenters. The quantitative estimate of drug-likeness (QED) is 0.848. The number of nitrogens with zero attached hydrogens (tertiary/aromatic N) is 1. The SMILES string of the molecule is CC(C)N1CCOC(C(=O)Cc2cccc(F)c2F)C1. The Morgan fingerprint density at radius 1 is 1.45 bits per heavy atom. The lowest BCUT2D eigenvalue weighted by molar-refractivity contribution is -0.136. The van der Waals surface area contributed by atoms with E-state index in [4.69, 9.17) is 4.74 Å². The van der Waals surface area contributed by atoms with Crippen molar-refractivity contribution < 1.29 is 18.3 Å². The van der Waals surface area contributed by atoms with Gasteiger partial charge in [-0.15, -0.1) is 0 Å². The number of carbonyl (C=O) groups excluding carboxylic acids is 1. The molecule has 1 aromatic carbocycles. The zero-order chi connectivity index (χ0) is 14.7. The van der Waals surface area contributed by atoms with Crippen molar-refractivity contribution in [3.05, 3.63) is 35.4 Å². The molecule has 20 heavy (non-hydrogen) atoms. The summed E-state index contributed by atoms with van der Waals surface area (Å²) in [4.78, 5) is 14.3. The van der Waals surface area contributed by atoms with Gasteiger partial charge < -0.3 is 4.74 Å². The van der Waals surface area contributed by atoms with Crippen LogP contribution >= 0.6 is 0 Å². The van der Waals surface area contributed by atoms with Crippen LogP contribution in [0, 0.1) is 11.6 Å². The summed E-state index contributed by atoms with van der Waals surface area (Å²) in [6.45, 7) is 5.89. The number of carbonyl (C=O) groups is 1. The van der Waals surface area contributed by atoms with Gasteiger partial charge in [0.15, 0.2) is 17.4 Å². The Bertz CT molecular complexity index is 491. The van der Waals surface area contributed by atoms with Crippen LogP contribution in [-0.4, -0.2) is 42.5 Å². The monoisotopic (exact) mass is 283 g/mol. The Kier molecular flexibility index (Phi) is 4.83. The maximum absolute atomic E-state index is 13.6. The van der Waals surface area contributed by atoms with Gasteiger partial charge in [0.05, 0.1) is 6.61 Å². The van der Waals surface area contributed by atoms with Crippen molar-refractivity contribution in [3.8, 4) is 0 Å². The maximum Gasteiger partial charge on any atom is 0.167 e. The van der Waals surface area contributed by atoms with Crippen LogP contribution in [0.5, 0.6) is 0 Å². The third-order valence-electron chi connectivity index (χ3n) is 3.58. The summed E-state index contributed by atoms with van der Waals surface area (Å²) in [6, 6.07) is 4.21. The lowest BCUT2D eigenvalue weighted by Gasteiger charge is -2.34. The molecule has 1 atom stereocenters. The first-order chi connectivity index (χ1) is 9.49. The first-order valence-corrected chi connectivity index (χ1v) is 6.80. The molecule has 0 saturated carbocycles. The molecule has 0 aliphatic carbocycles. The van der Waals surface area contributed by atoms with Crippen molar-refractivity contribution in [1.82, 2.24) is 4.90 Å². The van der Waals surface area contributed by atoms with E-state index in [0.29, 0.717) is 19.2 Å². The minimum Gasteiger partial charge on any atom is -0.368 e. The summed E-state index contributed by atoms with van der Waals surface area (Å²) in [6.07, 6.45) is -0.700. The van der Waals surface area contributed by atoms with Crippen molar-refractivity contribution in [2.24, 2.45) is 0 Å².